The number of aryl methyl sites for hydroxylation is 1. The smallest absolute Gasteiger partial charge is 0.274 e. The molecule has 3 heteroatoms. The zero-order chi connectivity index (χ0) is 13.9. The highest BCUT2D eigenvalue weighted by molar-refractivity contribution is 6.04. The van der Waals surface area contributed by atoms with Gasteiger partial charge in [0.25, 0.3) is 5.91 Å². The molecule has 1 amide bonds. The van der Waals surface area contributed by atoms with E-state index in [0.29, 0.717) is 5.69 Å². The number of carbonyl (C=O) groups is 1. The van der Waals surface area contributed by atoms with Gasteiger partial charge >= 0.3 is 0 Å². The number of fused-ring (bicyclic) bond motifs is 1. The molecule has 3 nitrogen and oxygen atoms in total. The second-order valence-corrected chi connectivity index (χ2v) is 4.74. The van der Waals surface area contributed by atoms with Gasteiger partial charge in [-0.15, -0.1) is 0 Å². The van der Waals surface area contributed by atoms with Gasteiger partial charge in [-0.1, -0.05) is 42.0 Å². The van der Waals surface area contributed by atoms with E-state index in [0.717, 1.165) is 22.0 Å². The third-order valence-corrected chi connectivity index (χ3v) is 3.17. The Kier molecular flexibility index (Phi) is 3.17. The number of carbonyl (C=O) groups excluding carboxylic acids is 1. The van der Waals surface area contributed by atoms with Crippen LogP contribution < -0.4 is 5.32 Å². The fraction of sp³-hybridized carbons (Fsp3) is 0.0588. The van der Waals surface area contributed by atoms with Crippen LogP contribution >= 0.6 is 0 Å². The number of aromatic nitrogens is 1. The molecule has 0 saturated carbocycles. The molecule has 0 aliphatic rings. The summed E-state index contributed by atoms with van der Waals surface area (Å²) < 4.78 is 0. The van der Waals surface area contributed by atoms with E-state index < -0.39 is 0 Å². The zero-order valence-corrected chi connectivity index (χ0v) is 11.1. The second kappa shape index (κ2) is 5.13. The summed E-state index contributed by atoms with van der Waals surface area (Å²) in [5.74, 6) is -0.195. The molecule has 0 radical (unpaired) electrons. The topological polar surface area (TPSA) is 42.0 Å². The molecule has 0 spiro atoms. The molecule has 0 aliphatic heterocycles. The number of pyridine rings is 1. The SMILES string of the molecule is Cc1ccc(NC(=O)c2cc3ccccc3cn2)cc1. The minimum Gasteiger partial charge on any atom is -0.321 e. The number of rotatable bonds is 2. The summed E-state index contributed by atoms with van der Waals surface area (Å²) in [7, 11) is 0. The van der Waals surface area contributed by atoms with Gasteiger partial charge < -0.3 is 5.32 Å². The predicted molar refractivity (Wildman–Crippen MR) is 80.9 cm³/mol. The molecule has 2 aromatic carbocycles. The van der Waals surface area contributed by atoms with Gasteiger partial charge in [0, 0.05) is 17.3 Å². The van der Waals surface area contributed by atoms with Crippen molar-refractivity contribution in [1.82, 2.24) is 4.98 Å². The first-order chi connectivity index (χ1) is 9.72. The molecule has 1 N–H and O–H groups in total. The number of hydrogen-bond acceptors (Lipinski definition) is 2. The Bertz CT molecular complexity index is 763. The highest BCUT2D eigenvalue weighted by Gasteiger charge is 2.08. The number of anilines is 1. The van der Waals surface area contributed by atoms with Crippen molar-refractivity contribution >= 4 is 22.4 Å². The van der Waals surface area contributed by atoms with Gasteiger partial charge in [0.1, 0.15) is 5.69 Å². The van der Waals surface area contributed by atoms with E-state index in [4.69, 9.17) is 0 Å². The fourth-order valence-electron chi connectivity index (χ4n) is 2.04. The molecule has 3 rings (SSSR count). The third kappa shape index (κ3) is 2.52. The molecule has 0 bridgehead atoms. The van der Waals surface area contributed by atoms with Gasteiger partial charge in [-0.25, -0.2) is 0 Å². The Balaban J connectivity index is 1.86. The van der Waals surface area contributed by atoms with Crippen LogP contribution in [0.15, 0.2) is 60.8 Å². The molecule has 0 saturated heterocycles. The molecule has 1 aromatic heterocycles. The van der Waals surface area contributed by atoms with E-state index in [-0.39, 0.29) is 5.91 Å². The summed E-state index contributed by atoms with van der Waals surface area (Å²) in [5, 5.41) is 4.89. The first kappa shape index (κ1) is 12.4. The van der Waals surface area contributed by atoms with Crippen molar-refractivity contribution in [3.8, 4) is 0 Å². The lowest BCUT2D eigenvalue weighted by Gasteiger charge is -2.06. The van der Waals surface area contributed by atoms with Crippen molar-refractivity contribution in [3.05, 3.63) is 72.1 Å². The van der Waals surface area contributed by atoms with E-state index >= 15 is 0 Å². The lowest BCUT2D eigenvalue weighted by atomic mass is 10.1. The Morgan fingerprint density at radius 3 is 2.45 bits per heavy atom. The normalized spacial score (nSPS) is 10.4. The number of benzene rings is 2. The van der Waals surface area contributed by atoms with Gasteiger partial charge in [0.05, 0.1) is 0 Å². The monoisotopic (exact) mass is 262 g/mol. The van der Waals surface area contributed by atoms with Crippen LogP contribution in [0.5, 0.6) is 0 Å². The highest BCUT2D eigenvalue weighted by atomic mass is 16.1. The van der Waals surface area contributed by atoms with Crippen LogP contribution in [0.25, 0.3) is 10.8 Å². The summed E-state index contributed by atoms with van der Waals surface area (Å²) in [6.45, 7) is 2.01. The summed E-state index contributed by atoms with van der Waals surface area (Å²) in [6.07, 6.45) is 1.72. The first-order valence-corrected chi connectivity index (χ1v) is 6.45. The van der Waals surface area contributed by atoms with Crippen molar-refractivity contribution in [3.63, 3.8) is 0 Å². The van der Waals surface area contributed by atoms with E-state index in [1.165, 1.54) is 0 Å². The van der Waals surface area contributed by atoms with Crippen molar-refractivity contribution in [1.29, 1.82) is 0 Å². The molecule has 0 aliphatic carbocycles. The van der Waals surface area contributed by atoms with Crippen LogP contribution in [0.3, 0.4) is 0 Å². The van der Waals surface area contributed by atoms with E-state index in [9.17, 15) is 4.79 Å². The quantitative estimate of drug-likeness (QED) is 0.763. The second-order valence-electron chi connectivity index (χ2n) is 4.74. The third-order valence-electron chi connectivity index (χ3n) is 3.17. The Hall–Kier alpha value is -2.68. The van der Waals surface area contributed by atoms with Crippen LogP contribution in [0, 0.1) is 6.92 Å². The minimum atomic E-state index is -0.195. The highest BCUT2D eigenvalue weighted by Crippen LogP contribution is 2.15. The summed E-state index contributed by atoms with van der Waals surface area (Å²) in [6, 6.07) is 17.3. The summed E-state index contributed by atoms with van der Waals surface area (Å²) >= 11 is 0. The number of nitrogens with zero attached hydrogens (tertiary/aromatic N) is 1. The maximum Gasteiger partial charge on any atom is 0.274 e. The molecule has 0 fully saturated rings. The van der Waals surface area contributed by atoms with E-state index in [1.54, 1.807) is 12.3 Å². The molecular weight excluding hydrogens is 248 g/mol. The van der Waals surface area contributed by atoms with Crippen molar-refractivity contribution in [2.45, 2.75) is 6.92 Å². The molecule has 20 heavy (non-hydrogen) atoms. The van der Waals surface area contributed by atoms with Crippen molar-refractivity contribution in [2.75, 3.05) is 5.32 Å². The lowest BCUT2D eigenvalue weighted by molar-refractivity contribution is 0.102. The Morgan fingerprint density at radius 2 is 1.70 bits per heavy atom. The molecular formula is C17H14N2O. The maximum absolute atomic E-state index is 12.2. The van der Waals surface area contributed by atoms with E-state index in [1.807, 2.05) is 55.5 Å². The van der Waals surface area contributed by atoms with Gasteiger partial charge in [-0.05, 0) is 30.5 Å². The molecule has 3 aromatic rings. The Morgan fingerprint density at radius 1 is 1.00 bits per heavy atom. The van der Waals surface area contributed by atoms with Crippen LogP contribution in [-0.4, -0.2) is 10.9 Å². The van der Waals surface area contributed by atoms with Crippen molar-refractivity contribution in [2.24, 2.45) is 0 Å². The van der Waals surface area contributed by atoms with Crippen LogP contribution in [0.2, 0.25) is 0 Å². The maximum atomic E-state index is 12.2. The molecule has 0 unspecified atom stereocenters. The molecule has 0 atom stereocenters. The largest absolute Gasteiger partial charge is 0.321 e. The number of nitrogens with one attached hydrogen (secondary N) is 1. The summed E-state index contributed by atoms with van der Waals surface area (Å²) in [4.78, 5) is 16.4. The van der Waals surface area contributed by atoms with Crippen LogP contribution in [-0.2, 0) is 0 Å². The van der Waals surface area contributed by atoms with Crippen molar-refractivity contribution < 1.29 is 4.79 Å². The van der Waals surface area contributed by atoms with Crippen LogP contribution in [0.1, 0.15) is 16.1 Å². The standard InChI is InChI=1S/C17H14N2O/c1-12-6-8-15(9-7-12)19-17(20)16-10-13-4-2-3-5-14(13)11-18-16/h2-11H,1H3,(H,19,20). The van der Waals surface area contributed by atoms with Gasteiger partial charge in [0.15, 0.2) is 0 Å². The lowest BCUT2D eigenvalue weighted by Crippen LogP contribution is -2.13. The Labute approximate surface area is 117 Å². The van der Waals surface area contributed by atoms with Gasteiger partial charge in [-0.2, -0.15) is 0 Å². The van der Waals surface area contributed by atoms with E-state index in [2.05, 4.69) is 10.3 Å². The minimum absolute atomic E-state index is 0.195. The average molecular weight is 262 g/mol. The fourth-order valence-corrected chi connectivity index (χ4v) is 2.04. The molecule has 98 valence electrons. The first-order valence-electron chi connectivity index (χ1n) is 6.45. The predicted octanol–water partition coefficient (Wildman–Crippen LogP) is 3.80. The number of amides is 1. The van der Waals surface area contributed by atoms with Crippen LogP contribution in [0.4, 0.5) is 5.69 Å². The average Bonchev–Trinajstić information content (AvgIpc) is 2.49. The molecule has 1 heterocycles. The number of hydrogen-bond donors (Lipinski definition) is 1. The van der Waals surface area contributed by atoms with Gasteiger partial charge in [-0.3, -0.25) is 9.78 Å². The summed E-state index contributed by atoms with van der Waals surface area (Å²) in [5.41, 5.74) is 2.35. The van der Waals surface area contributed by atoms with Gasteiger partial charge in [0.2, 0.25) is 0 Å². The zero-order valence-electron chi connectivity index (χ0n) is 11.1.